The van der Waals surface area contributed by atoms with Crippen LogP contribution in [-0.4, -0.2) is 47.3 Å². The molecule has 1 saturated heterocycles. The zero-order chi connectivity index (χ0) is 25.7. The second-order valence-corrected chi connectivity index (χ2v) is 9.39. The lowest BCUT2D eigenvalue weighted by Crippen LogP contribution is -2.47. The lowest BCUT2D eigenvalue weighted by atomic mass is 10.1. The van der Waals surface area contributed by atoms with Crippen LogP contribution in [0, 0.1) is 5.92 Å². The summed E-state index contributed by atoms with van der Waals surface area (Å²) < 4.78 is 6.84. The Labute approximate surface area is 210 Å². The van der Waals surface area contributed by atoms with E-state index in [9.17, 15) is 14.4 Å². The van der Waals surface area contributed by atoms with Crippen LogP contribution in [0.25, 0.3) is 11.0 Å². The smallest absolute Gasteiger partial charge is 0.338 e. The number of hydrogen-bond acceptors (Lipinski definition) is 6. The van der Waals surface area contributed by atoms with Crippen molar-refractivity contribution in [1.29, 1.82) is 0 Å². The number of fused-ring (bicyclic) bond motifs is 1. The Morgan fingerprint density at radius 3 is 2.58 bits per heavy atom. The third kappa shape index (κ3) is 5.84. The van der Waals surface area contributed by atoms with Gasteiger partial charge in [0.05, 0.1) is 23.2 Å². The molecular formula is C27H33N5O4. The number of benzene rings is 2. The Morgan fingerprint density at radius 1 is 1.11 bits per heavy atom. The molecule has 4 rings (SSSR count). The fourth-order valence-electron chi connectivity index (χ4n) is 4.46. The average molecular weight is 492 g/mol. The first-order chi connectivity index (χ1) is 17.4. The molecule has 1 aliphatic rings. The second kappa shape index (κ2) is 11.2. The number of hydrogen-bond donors (Lipinski definition) is 2. The second-order valence-electron chi connectivity index (χ2n) is 9.39. The largest absolute Gasteiger partial charge is 0.462 e. The Balaban J connectivity index is 1.39. The van der Waals surface area contributed by atoms with Crippen molar-refractivity contribution in [3.05, 3.63) is 64.4 Å². The standard InChI is InChI=1S/C27H33N5O4/c1-4-36-26(34)19-8-7-9-21(16-19)29-27(35)28-20-12-14-31(15-13-20)24-25(33)32(17-18(2)3)23-11-6-5-10-22(23)30-24/h5-11,16,18,20H,4,12-15,17H2,1-3H3,(H2,28,29,35). The minimum Gasteiger partial charge on any atom is -0.462 e. The van der Waals surface area contributed by atoms with Crippen LogP contribution >= 0.6 is 0 Å². The lowest BCUT2D eigenvalue weighted by molar-refractivity contribution is 0.0526. The van der Waals surface area contributed by atoms with Crippen LogP contribution in [-0.2, 0) is 11.3 Å². The molecule has 2 amide bonds. The summed E-state index contributed by atoms with van der Waals surface area (Å²) in [7, 11) is 0. The van der Waals surface area contributed by atoms with Crippen LogP contribution in [0.4, 0.5) is 16.3 Å². The fourth-order valence-corrected chi connectivity index (χ4v) is 4.46. The van der Waals surface area contributed by atoms with E-state index in [4.69, 9.17) is 9.72 Å². The molecule has 0 saturated carbocycles. The summed E-state index contributed by atoms with van der Waals surface area (Å²) in [6.07, 6.45) is 1.38. The van der Waals surface area contributed by atoms with Crippen LogP contribution < -0.4 is 21.1 Å². The molecular weight excluding hydrogens is 458 g/mol. The van der Waals surface area contributed by atoms with Crippen molar-refractivity contribution in [2.45, 2.75) is 46.2 Å². The minimum atomic E-state index is -0.427. The van der Waals surface area contributed by atoms with Crippen molar-refractivity contribution in [3.63, 3.8) is 0 Å². The molecule has 2 aromatic carbocycles. The molecule has 3 aromatic rings. The summed E-state index contributed by atoms with van der Waals surface area (Å²) in [5.41, 5.74) is 2.47. The average Bonchev–Trinajstić information content (AvgIpc) is 2.86. The number of aromatic nitrogens is 2. The highest BCUT2D eigenvalue weighted by molar-refractivity contribution is 5.94. The monoisotopic (exact) mass is 491 g/mol. The number of nitrogens with zero attached hydrogens (tertiary/aromatic N) is 3. The molecule has 0 radical (unpaired) electrons. The molecule has 0 aliphatic carbocycles. The molecule has 2 N–H and O–H groups in total. The Kier molecular flexibility index (Phi) is 7.87. The molecule has 190 valence electrons. The lowest BCUT2D eigenvalue weighted by Gasteiger charge is -2.33. The van der Waals surface area contributed by atoms with E-state index >= 15 is 0 Å². The highest BCUT2D eigenvalue weighted by atomic mass is 16.5. The van der Waals surface area contributed by atoms with Crippen LogP contribution in [0.15, 0.2) is 53.3 Å². The first-order valence-electron chi connectivity index (χ1n) is 12.4. The van der Waals surface area contributed by atoms with Gasteiger partial charge in [-0.15, -0.1) is 0 Å². The number of ether oxygens (including phenoxy) is 1. The number of urea groups is 1. The van der Waals surface area contributed by atoms with Gasteiger partial charge in [-0.25, -0.2) is 14.6 Å². The van der Waals surface area contributed by atoms with Gasteiger partial charge >= 0.3 is 12.0 Å². The van der Waals surface area contributed by atoms with Crippen molar-refractivity contribution in [2.24, 2.45) is 5.92 Å². The van der Waals surface area contributed by atoms with Gasteiger partial charge in [0.2, 0.25) is 0 Å². The highest BCUT2D eigenvalue weighted by Gasteiger charge is 2.25. The molecule has 1 aromatic heterocycles. The van der Waals surface area contributed by atoms with Gasteiger partial charge in [-0.05, 0) is 56.0 Å². The van der Waals surface area contributed by atoms with Crippen LogP contribution in [0.5, 0.6) is 0 Å². The van der Waals surface area contributed by atoms with Crippen molar-refractivity contribution in [2.75, 3.05) is 29.9 Å². The van der Waals surface area contributed by atoms with E-state index in [0.29, 0.717) is 55.5 Å². The number of piperidine rings is 1. The maximum absolute atomic E-state index is 13.3. The maximum atomic E-state index is 13.3. The Bertz CT molecular complexity index is 1290. The molecule has 2 heterocycles. The molecule has 0 unspecified atom stereocenters. The number of amides is 2. The van der Waals surface area contributed by atoms with E-state index < -0.39 is 5.97 Å². The molecule has 0 spiro atoms. The van der Waals surface area contributed by atoms with Gasteiger partial charge in [0.1, 0.15) is 0 Å². The molecule has 9 nitrogen and oxygen atoms in total. The number of carbonyl (C=O) groups excluding carboxylic acids is 2. The van der Waals surface area contributed by atoms with Gasteiger partial charge in [-0.1, -0.05) is 32.0 Å². The van der Waals surface area contributed by atoms with Gasteiger partial charge in [-0.2, -0.15) is 0 Å². The van der Waals surface area contributed by atoms with Crippen molar-refractivity contribution in [3.8, 4) is 0 Å². The van der Waals surface area contributed by atoms with Crippen LogP contribution in [0.2, 0.25) is 0 Å². The summed E-state index contributed by atoms with van der Waals surface area (Å²) in [4.78, 5) is 44.6. The number of anilines is 2. The van der Waals surface area contributed by atoms with Crippen molar-refractivity contribution < 1.29 is 14.3 Å². The van der Waals surface area contributed by atoms with E-state index in [2.05, 4.69) is 24.5 Å². The number of rotatable bonds is 7. The predicted octanol–water partition coefficient (Wildman–Crippen LogP) is 4.02. The van der Waals surface area contributed by atoms with Crippen LogP contribution in [0.3, 0.4) is 0 Å². The third-order valence-electron chi connectivity index (χ3n) is 6.14. The summed E-state index contributed by atoms with van der Waals surface area (Å²) in [5, 5.41) is 5.79. The summed E-state index contributed by atoms with van der Waals surface area (Å²) in [6.45, 7) is 8.08. The quantitative estimate of drug-likeness (QED) is 0.484. The predicted molar refractivity (Wildman–Crippen MR) is 141 cm³/mol. The van der Waals surface area contributed by atoms with Gasteiger partial charge in [0.15, 0.2) is 5.82 Å². The zero-order valence-corrected chi connectivity index (χ0v) is 21.0. The Morgan fingerprint density at radius 2 is 1.86 bits per heavy atom. The highest BCUT2D eigenvalue weighted by Crippen LogP contribution is 2.20. The van der Waals surface area contributed by atoms with Crippen molar-refractivity contribution in [1.82, 2.24) is 14.9 Å². The van der Waals surface area contributed by atoms with Gasteiger partial charge in [-0.3, -0.25) is 4.79 Å². The summed E-state index contributed by atoms with van der Waals surface area (Å²) >= 11 is 0. The molecule has 1 aliphatic heterocycles. The van der Waals surface area contributed by atoms with Crippen LogP contribution in [0.1, 0.15) is 44.0 Å². The fraction of sp³-hybridized carbons (Fsp3) is 0.407. The maximum Gasteiger partial charge on any atom is 0.338 e. The van der Waals surface area contributed by atoms with Gasteiger partial charge in [0.25, 0.3) is 5.56 Å². The normalized spacial score (nSPS) is 14.2. The minimum absolute atomic E-state index is 0.0344. The number of carbonyl (C=O) groups is 2. The molecule has 1 fully saturated rings. The summed E-state index contributed by atoms with van der Waals surface area (Å²) in [5.74, 6) is 0.365. The van der Waals surface area contributed by atoms with Gasteiger partial charge < -0.3 is 24.8 Å². The SMILES string of the molecule is CCOC(=O)c1cccc(NC(=O)NC2CCN(c3nc4ccccc4n(CC(C)C)c3=O)CC2)c1. The number of esters is 1. The Hall–Kier alpha value is -3.88. The van der Waals surface area contributed by atoms with Gasteiger partial charge in [0, 0.05) is 31.4 Å². The first-order valence-corrected chi connectivity index (χ1v) is 12.4. The van der Waals surface area contributed by atoms with E-state index in [1.165, 1.54) is 0 Å². The number of para-hydroxylation sites is 2. The van der Waals surface area contributed by atoms with E-state index in [1.54, 1.807) is 31.2 Å². The summed E-state index contributed by atoms with van der Waals surface area (Å²) in [6, 6.07) is 14.0. The number of nitrogens with one attached hydrogen (secondary N) is 2. The molecule has 0 atom stereocenters. The van der Waals surface area contributed by atoms with E-state index in [1.807, 2.05) is 33.7 Å². The first kappa shape index (κ1) is 25.2. The third-order valence-corrected chi connectivity index (χ3v) is 6.14. The van der Waals surface area contributed by atoms with Crippen molar-refractivity contribution >= 4 is 34.5 Å². The molecule has 0 bridgehead atoms. The molecule has 9 heteroatoms. The topological polar surface area (TPSA) is 106 Å². The zero-order valence-electron chi connectivity index (χ0n) is 21.0. The molecule has 36 heavy (non-hydrogen) atoms. The van der Waals surface area contributed by atoms with E-state index in [0.717, 1.165) is 11.0 Å². The van der Waals surface area contributed by atoms with E-state index in [-0.39, 0.29) is 24.2 Å².